The fourth-order valence-electron chi connectivity index (χ4n) is 2.16. The molecule has 3 nitrogen and oxygen atoms in total. The minimum absolute atomic E-state index is 0.111. The zero-order chi connectivity index (χ0) is 11.7. The second kappa shape index (κ2) is 4.44. The van der Waals surface area contributed by atoms with E-state index in [4.69, 9.17) is 16.7 Å². The van der Waals surface area contributed by atoms with Crippen LogP contribution in [0, 0.1) is 12.8 Å². The van der Waals surface area contributed by atoms with Crippen molar-refractivity contribution in [3.8, 4) is 0 Å². The first kappa shape index (κ1) is 11.4. The third-order valence-corrected chi connectivity index (χ3v) is 3.57. The summed E-state index contributed by atoms with van der Waals surface area (Å²) in [6.07, 6.45) is 0.635. The number of halogens is 1. The lowest BCUT2D eigenvalue weighted by Crippen LogP contribution is -2.17. The molecule has 2 unspecified atom stereocenters. The molecule has 2 rings (SSSR count). The molecule has 0 aromatic heterocycles. The van der Waals surface area contributed by atoms with Gasteiger partial charge in [0.25, 0.3) is 0 Å². The standard InChI is InChI=1S/C12H14ClNO2/c1-7-9(3-2-4-10(7)13)11-5-8(6-14-11)12(15)16/h2-4,8,11,14H,5-6H2,1H3,(H,15,16). The van der Waals surface area contributed by atoms with Crippen LogP contribution in [0.25, 0.3) is 0 Å². The van der Waals surface area contributed by atoms with E-state index in [1.54, 1.807) is 0 Å². The summed E-state index contributed by atoms with van der Waals surface area (Å²) < 4.78 is 0. The number of nitrogens with one attached hydrogen (secondary N) is 1. The molecule has 0 saturated carbocycles. The molecule has 1 aliphatic rings. The average Bonchev–Trinajstić information content (AvgIpc) is 2.71. The second-order valence-corrected chi connectivity index (χ2v) is 4.59. The van der Waals surface area contributed by atoms with Gasteiger partial charge in [0.05, 0.1) is 5.92 Å². The second-order valence-electron chi connectivity index (χ2n) is 4.19. The number of carbonyl (C=O) groups is 1. The van der Waals surface area contributed by atoms with Crippen molar-refractivity contribution >= 4 is 17.6 Å². The molecule has 1 saturated heterocycles. The van der Waals surface area contributed by atoms with Gasteiger partial charge < -0.3 is 10.4 Å². The predicted molar refractivity (Wildman–Crippen MR) is 62.7 cm³/mol. The van der Waals surface area contributed by atoms with Crippen LogP contribution in [0.4, 0.5) is 0 Å². The molecule has 0 radical (unpaired) electrons. The lowest BCUT2D eigenvalue weighted by atomic mass is 9.97. The Morgan fingerprint density at radius 1 is 1.56 bits per heavy atom. The van der Waals surface area contributed by atoms with Gasteiger partial charge in [-0.05, 0) is 30.5 Å². The molecule has 1 fully saturated rings. The summed E-state index contributed by atoms with van der Waals surface area (Å²) >= 11 is 6.05. The van der Waals surface area contributed by atoms with Crippen LogP contribution in [0.5, 0.6) is 0 Å². The number of rotatable bonds is 2. The minimum atomic E-state index is -0.727. The summed E-state index contributed by atoms with van der Waals surface area (Å²) in [7, 11) is 0. The SMILES string of the molecule is Cc1c(Cl)cccc1C1CC(C(=O)O)CN1. The maximum absolute atomic E-state index is 10.9. The van der Waals surface area contributed by atoms with Crippen molar-refractivity contribution in [2.45, 2.75) is 19.4 Å². The first-order chi connectivity index (χ1) is 7.59. The van der Waals surface area contributed by atoms with E-state index in [2.05, 4.69) is 5.32 Å². The molecular formula is C12H14ClNO2. The molecule has 2 atom stereocenters. The number of hydrogen-bond acceptors (Lipinski definition) is 2. The van der Waals surface area contributed by atoms with E-state index in [0.29, 0.717) is 13.0 Å². The first-order valence-electron chi connectivity index (χ1n) is 5.31. The van der Waals surface area contributed by atoms with Crippen molar-refractivity contribution in [1.29, 1.82) is 0 Å². The molecule has 86 valence electrons. The molecule has 0 aliphatic carbocycles. The molecule has 1 aromatic rings. The van der Waals surface area contributed by atoms with E-state index in [0.717, 1.165) is 16.1 Å². The Kier molecular flexibility index (Phi) is 3.17. The van der Waals surface area contributed by atoms with Crippen molar-refractivity contribution in [2.24, 2.45) is 5.92 Å². The van der Waals surface area contributed by atoms with Crippen LogP contribution in [-0.2, 0) is 4.79 Å². The van der Waals surface area contributed by atoms with Crippen LogP contribution in [0.2, 0.25) is 5.02 Å². The van der Waals surface area contributed by atoms with Gasteiger partial charge in [-0.1, -0.05) is 23.7 Å². The molecule has 1 aromatic carbocycles. The predicted octanol–water partition coefficient (Wildman–Crippen LogP) is 2.38. The van der Waals surface area contributed by atoms with Crippen LogP contribution in [-0.4, -0.2) is 17.6 Å². The highest BCUT2D eigenvalue weighted by Gasteiger charge is 2.30. The van der Waals surface area contributed by atoms with Crippen molar-refractivity contribution in [3.05, 3.63) is 34.3 Å². The number of carboxylic acids is 1. The Morgan fingerprint density at radius 3 is 2.94 bits per heavy atom. The molecule has 1 heterocycles. The monoisotopic (exact) mass is 239 g/mol. The van der Waals surface area contributed by atoms with Crippen molar-refractivity contribution < 1.29 is 9.90 Å². The Morgan fingerprint density at radius 2 is 2.31 bits per heavy atom. The van der Waals surface area contributed by atoms with E-state index in [-0.39, 0.29) is 12.0 Å². The quantitative estimate of drug-likeness (QED) is 0.833. The fraction of sp³-hybridized carbons (Fsp3) is 0.417. The van der Waals surface area contributed by atoms with Gasteiger partial charge in [-0.2, -0.15) is 0 Å². The number of benzene rings is 1. The number of aliphatic carboxylic acids is 1. The number of hydrogen-bond donors (Lipinski definition) is 2. The Labute approximate surface area is 99.4 Å². The highest BCUT2D eigenvalue weighted by atomic mass is 35.5. The van der Waals surface area contributed by atoms with Gasteiger partial charge in [0, 0.05) is 17.6 Å². The van der Waals surface area contributed by atoms with Gasteiger partial charge in [0.15, 0.2) is 0 Å². The van der Waals surface area contributed by atoms with E-state index in [1.807, 2.05) is 25.1 Å². The van der Waals surface area contributed by atoms with Crippen LogP contribution in [0.1, 0.15) is 23.6 Å². The topological polar surface area (TPSA) is 49.3 Å². The van der Waals surface area contributed by atoms with Gasteiger partial charge in [0.2, 0.25) is 0 Å². The van der Waals surface area contributed by atoms with Crippen LogP contribution >= 0.6 is 11.6 Å². The van der Waals surface area contributed by atoms with E-state index >= 15 is 0 Å². The minimum Gasteiger partial charge on any atom is -0.481 e. The van der Waals surface area contributed by atoms with Crippen LogP contribution in [0.3, 0.4) is 0 Å². The third-order valence-electron chi connectivity index (χ3n) is 3.17. The van der Waals surface area contributed by atoms with Crippen molar-refractivity contribution in [1.82, 2.24) is 5.32 Å². The summed E-state index contributed by atoms with van der Waals surface area (Å²) in [6, 6.07) is 5.87. The molecular weight excluding hydrogens is 226 g/mol. The zero-order valence-corrected chi connectivity index (χ0v) is 9.79. The Hall–Kier alpha value is -1.06. The molecule has 4 heteroatoms. The maximum Gasteiger partial charge on any atom is 0.307 e. The molecule has 16 heavy (non-hydrogen) atoms. The lowest BCUT2D eigenvalue weighted by Gasteiger charge is -2.14. The van der Waals surface area contributed by atoms with E-state index in [1.165, 1.54) is 0 Å². The first-order valence-corrected chi connectivity index (χ1v) is 5.68. The Balaban J connectivity index is 2.21. The number of carboxylic acid groups (broad SMARTS) is 1. The fourth-order valence-corrected chi connectivity index (χ4v) is 2.34. The van der Waals surface area contributed by atoms with E-state index in [9.17, 15) is 4.79 Å². The van der Waals surface area contributed by atoms with Gasteiger partial charge >= 0.3 is 5.97 Å². The van der Waals surface area contributed by atoms with Gasteiger partial charge in [-0.3, -0.25) is 4.79 Å². The summed E-state index contributed by atoms with van der Waals surface area (Å²) in [5, 5.41) is 12.9. The summed E-state index contributed by atoms with van der Waals surface area (Å²) in [6.45, 7) is 2.50. The zero-order valence-electron chi connectivity index (χ0n) is 9.03. The molecule has 0 spiro atoms. The average molecular weight is 240 g/mol. The molecule has 2 N–H and O–H groups in total. The van der Waals surface area contributed by atoms with Crippen molar-refractivity contribution in [2.75, 3.05) is 6.54 Å². The van der Waals surface area contributed by atoms with Crippen molar-refractivity contribution in [3.63, 3.8) is 0 Å². The van der Waals surface area contributed by atoms with E-state index < -0.39 is 5.97 Å². The smallest absolute Gasteiger partial charge is 0.307 e. The van der Waals surface area contributed by atoms with Crippen LogP contribution in [0.15, 0.2) is 18.2 Å². The highest BCUT2D eigenvalue weighted by Crippen LogP contribution is 2.31. The summed E-state index contributed by atoms with van der Waals surface area (Å²) in [5.74, 6) is -1.02. The summed E-state index contributed by atoms with van der Waals surface area (Å²) in [4.78, 5) is 10.9. The third kappa shape index (κ3) is 2.06. The lowest BCUT2D eigenvalue weighted by molar-refractivity contribution is -0.141. The molecule has 0 amide bonds. The molecule has 0 bridgehead atoms. The summed E-state index contributed by atoms with van der Waals surface area (Å²) in [5.41, 5.74) is 2.14. The normalized spacial score (nSPS) is 24.6. The van der Waals surface area contributed by atoms with Gasteiger partial charge in [0.1, 0.15) is 0 Å². The van der Waals surface area contributed by atoms with Crippen LogP contribution < -0.4 is 5.32 Å². The van der Waals surface area contributed by atoms with Gasteiger partial charge in [-0.25, -0.2) is 0 Å². The van der Waals surface area contributed by atoms with Gasteiger partial charge in [-0.15, -0.1) is 0 Å². The maximum atomic E-state index is 10.9. The highest BCUT2D eigenvalue weighted by molar-refractivity contribution is 6.31. The largest absolute Gasteiger partial charge is 0.481 e. The molecule has 1 aliphatic heterocycles. The Bertz CT molecular complexity index is 419.